The number of nitrogens with zero attached hydrogens (tertiary/aromatic N) is 4. The van der Waals surface area contributed by atoms with Gasteiger partial charge in [0, 0.05) is 5.92 Å². The Morgan fingerprint density at radius 1 is 1.24 bits per heavy atom. The van der Waals surface area contributed by atoms with E-state index in [9.17, 15) is 9.90 Å². The molecule has 0 aliphatic heterocycles. The van der Waals surface area contributed by atoms with Gasteiger partial charge in [0.2, 0.25) is 0 Å². The number of aromatic nitrogens is 4. The Morgan fingerprint density at radius 3 is 2.14 bits per heavy atom. The smallest absolute Gasteiger partial charge is 0.311 e. The monoisotopic (exact) mass is 294 g/mol. The molecule has 1 saturated carbocycles. The molecule has 0 bridgehead atoms. The lowest BCUT2D eigenvalue weighted by molar-refractivity contribution is -0.150. The molecule has 1 N–H and O–H groups in total. The number of carboxylic acid groups (broad SMARTS) is 1. The van der Waals surface area contributed by atoms with Crippen molar-refractivity contribution < 1.29 is 9.90 Å². The van der Waals surface area contributed by atoms with Crippen LogP contribution in [0, 0.1) is 16.2 Å². The van der Waals surface area contributed by atoms with Crippen LogP contribution in [-0.4, -0.2) is 31.3 Å². The fourth-order valence-corrected chi connectivity index (χ4v) is 3.50. The van der Waals surface area contributed by atoms with Crippen LogP contribution in [0.5, 0.6) is 0 Å². The minimum absolute atomic E-state index is 0.129. The number of carboxylic acids is 1. The van der Waals surface area contributed by atoms with Gasteiger partial charge in [0.05, 0.1) is 12.0 Å². The summed E-state index contributed by atoms with van der Waals surface area (Å²) in [5.74, 6) is 0.306. The number of rotatable bonds is 6. The molecule has 1 heterocycles. The van der Waals surface area contributed by atoms with E-state index in [2.05, 4.69) is 43.2 Å². The Bertz CT molecular complexity index is 530. The van der Waals surface area contributed by atoms with E-state index in [1.54, 1.807) is 4.68 Å². The van der Waals surface area contributed by atoms with Crippen LogP contribution in [0.2, 0.25) is 0 Å². The van der Waals surface area contributed by atoms with Gasteiger partial charge in [-0.15, -0.1) is 5.10 Å². The predicted molar refractivity (Wildman–Crippen MR) is 78.8 cm³/mol. The summed E-state index contributed by atoms with van der Waals surface area (Å²) in [6, 6.07) is 0. The summed E-state index contributed by atoms with van der Waals surface area (Å²) >= 11 is 0. The van der Waals surface area contributed by atoms with Gasteiger partial charge in [0.25, 0.3) is 0 Å². The molecule has 0 radical (unpaired) electrons. The predicted octanol–water partition coefficient (Wildman–Crippen LogP) is 2.71. The number of aliphatic carboxylic acids is 1. The van der Waals surface area contributed by atoms with Crippen LogP contribution in [0.15, 0.2) is 0 Å². The van der Waals surface area contributed by atoms with E-state index < -0.39 is 11.4 Å². The maximum Gasteiger partial charge on any atom is 0.311 e. The molecule has 1 fully saturated rings. The summed E-state index contributed by atoms with van der Waals surface area (Å²) < 4.78 is 1.71. The average Bonchev–Trinajstić information content (AvgIpc) is 2.71. The maximum atomic E-state index is 11.7. The van der Waals surface area contributed by atoms with Crippen LogP contribution >= 0.6 is 0 Å². The molecule has 0 aromatic carbocycles. The molecular weight excluding hydrogens is 268 g/mol. The van der Waals surface area contributed by atoms with Crippen LogP contribution in [-0.2, 0) is 11.3 Å². The number of carbonyl (C=O) groups is 1. The minimum atomic E-state index is -0.798. The van der Waals surface area contributed by atoms with Crippen molar-refractivity contribution in [1.82, 2.24) is 20.2 Å². The Morgan fingerprint density at radius 2 is 1.76 bits per heavy atom. The van der Waals surface area contributed by atoms with Gasteiger partial charge in [-0.3, -0.25) is 4.79 Å². The molecule has 0 amide bonds. The van der Waals surface area contributed by atoms with E-state index in [0.29, 0.717) is 19.4 Å². The number of hydrogen-bond acceptors (Lipinski definition) is 4. The van der Waals surface area contributed by atoms with E-state index in [0.717, 1.165) is 5.82 Å². The minimum Gasteiger partial charge on any atom is -0.481 e. The van der Waals surface area contributed by atoms with E-state index >= 15 is 0 Å². The summed E-state index contributed by atoms with van der Waals surface area (Å²) in [6.07, 6.45) is 1.13. The Kier molecular flexibility index (Phi) is 3.62. The fraction of sp³-hybridized carbons (Fsp3) is 0.867. The van der Waals surface area contributed by atoms with Crippen molar-refractivity contribution in [3.63, 3.8) is 0 Å². The summed E-state index contributed by atoms with van der Waals surface area (Å²) in [5, 5.41) is 21.6. The highest BCUT2D eigenvalue weighted by Crippen LogP contribution is 2.73. The molecule has 2 rings (SSSR count). The third-order valence-electron chi connectivity index (χ3n) is 6.10. The first-order valence-electron chi connectivity index (χ1n) is 7.63. The lowest BCUT2D eigenvalue weighted by atomic mass is 9.82. The summed E-state index contributed by atoms with van der Waals surface area (Å²) in [6.45, 7) is 13.0. The SMILES string of the molecule is CCC(CC)(Cn1nnnc1C1C(C)(C)C1(C)C)C(=O)O. The highest BCUT2D eigenvalue weighted by atomic mass is 16.4. The number of tetrazole rings is 1. The van der Waals surface area contributed by atoms with Gasteiger partial charge in [-0.05, 0) is 34.1 Å². The van der Waals surface area contributed by atoms with Crippen molar-refractivity contribution in [3.05, 3.63) is 5.82 Å². The van der Waals surface area contributed by atoms with Crippen molar-refractivity contribution in [3.8, 4) is 0 Å². The van der Waals surface area contributed by atoms with Crippen molar-refractivity contribution in [2.45, 2.75) is 66.8 Å². The molecule has 1 aliphatic carbocycles. The first kappa shape index (κ1) is 15.9. The number of hydrogen-bond donors (Lipinski definition) is 1. The second-order valence-corrected chi connectivity index (χ2v) is 7.36. The fourth-order valence-electron chi connectivity index (χ4n) is 3.50. The molecule has 118 valence electrons. The highest BCUT2D eigenvalue weighted by Gasteiger charge is 2.67. The molecular formula is C15H26N4O2. The summed E-state index contributed by atoms with van der Waals surface area (Å²) in [4.78, 5) is 11.7. The molecule has 1 aliphatic rings. The van der Waals surface area contributed by atoms with Crippen LogP contribution < -0.4 is 0 Å². The van der Waals surface area contributed by atoms with Gasteiger partial charge in [0.15, 0.2) is 5.82 Å². The molecule has 6 nitrogen and oxygen atoms in total. The zero-order valence-corrected chi connectivity index (χ0v) is 13.8. The molecule has 0 saturated heterocycles. The van der Waals surface area contributed by atoms with Crippen molar-refractivity contribution >= 4 is 5.97 Å². The molecule has 0 spiro atoms. The molecule has 1 aromatic rings. The zero-order valence-electron chi connectivity index (χ0n) is 13.8. The highest BCUT2D eigenvalue weighted by molar-refractivity contribution is 5.74. The Labute approximate surface area is 125 Å². The summed E-state index contributed by atoms with van der Waals surface area (Å²) in [5.41, 5.74) is -0.541. The van der Waals surface area contributed by atoms with Gasteiger partial charge in [-0.1, -0.05) is 41.5 Å². The largest absolute Gasteiger partial charge is 0.481 e. The van der Waals surface area contributed by atoms with Crippen LogP contribution in [0.3, 0.4) is 0 Å². The zero-order chi connectivity index (χ0) is 16.1. The van der Waals surface area contributed by atoms with Crippen molar-refractivity contribution in [2.75, 3.05) is 0 Å². The molecule has 0 unspecified atom stereocenters. The molecule has 21 heavy (non-hydrogen) atoms. The molecule has 6 heteroatoms. The van der Waals surface area contributed by atoms with Gasteiger partial charge in [-0.25, -0.2) is 4.68 Å². The third kappa shape index (κ3) is 2.15. The van der Waals surface area contributed by atoms with Gasteiger partial charge < -0.3 is 5.11 Å². The topological polar surface area (TPSA) is 80.9 Å². The van der Waals surface area contributed by atoms with Crippen LogP contribution in [0.1, 0.15) is 66.1 Å². The maximum absolute atomic E-state index is 11.7. The quantitative estimate of drug-likeness (QED) is 0.872. The Balaban J connectivity index is 2.33. The van der Waals surface area contributed by atoms with Crippen molar-refractivity contribution in [2.24, 2.45) is 16.2 Å². The van der Waals surface area contributed by atoms with Gasteiger partial charge in [0.1, 0.15) is 0 Å². The molecule has 0 atom stereocenters. The van der Waals surface area contributed by atoms with Crippen LogP contribution in [0.4, 0.5) is 0 Å². The van der Waals surface area contributed by atoms with E-state index in [-0.39, 0.29) is 16.7 Å². The first-order chi connectivity index (χ1) is 9.64. The Hall–Kier alpha value is -1.46. The second-order valence-electron chi connectivity index (χ2n) is 7.36. The van der Waals surface area contributed by atoms with Gasteiger partial charge >= 0.3 is 5.97 Å². The summed E-state index contributed by atoms with van der Waals surface area (Å²) in [7, 11) is 0. The lowest BCUT2D eigenvalue weighted by Gasteiger charge is -2.26. The van der Waals surface area contributed by atoms with E-state index in [1.807, 2.05) is 13.8 Å². The van der Waals surface area contributed by atoms with Crippen molar-refractivity contribution in [1.29, 1.82) is 0 Å². The van der Waals surface area contributed by atoms with E-state index in [1.165, 1.54) is 0 Å². The van der Waals surface area contributed by atoms with Crippen LogP contribution in [0.25, 0.3) is 0 Å². The third-order valence-corrected chi connectivity index (χ3v) is 6.10. The second kappa shape index (κ2) is 4.78. The standard InChI is InChI=1S/C15H26N4O2/c1-7-15(8-2,12(20)21)9-19-11(16-17-18-19)10-13(3,4)14(10,5)6/h10H,7-9H2,1-6H3,(H,20,21). The van der Waals surface area contributed by atoms with Gasteiger partial charge in [-0.2, -0.15) is 0 Å². The van der Waals surface area contributed by atoms with E-state index in [4.69, 9.17) is 0 Å². The average molecular weight is 294 g/mol. The molecule has 1 aromatic heterocycles. The first-order valence-corrected chi connectivity index (χ1v) is 7.63. The lowest BCUT2D eigenvalue weighted by Crippen LogP contribution is -2.35. The normalized spacial score (nSPS) is 20.5.